The van der Waals surface area contributed by atoms with Gasteiger partial charge in [-0.2, -0.15) is 0 Å². The highest BCUT2D eigenvalue weighted by Gasteiger charge is 2.26. The minimum Gasteiger partial charge on any atom is -0.337 e. The van der Waals surface area contributed by atoms with Crippen molar-refractivity contribution in [1.82, 2.24) is 4.90 Å². The summed E-state index contributed by atoms with van der Waals surface area (Å²) >= 11 is 0. The van der Waals surface area contributed by atoms with E-state index in [4.69, 9.17) is 5.73 Å². The van der Waals surface area contributed by atoms with Crippen molar-refractivity contribution < 1.29 is 13.2 Å². The van der Waals surface area contributed by atoms with Crippen LogP contribution in [0.25, 0.3) is 0 Å². The van der Waals surface area contributed by atoms with Gasteiger partial charge in [0.2, 0.25) is 5.91 Å². The fourth-order valence-corrected chi connectivity index (χ4v) is 2.65. The van der Waals surface area contributed by atoms with E-state index in [1.54, 1.807) is 29.2 Å². The van der Waals surface area contributed by atoms with Gasteiger partial charge < -0.3 is 10.6 Å². The third-order valence-corrected chi connectivity index (χ3v) is 4.10. The molecule has 0 bridgehead atoms. The average molecular weight is 268 g/mol. The summed E-state index contributed by atoms with van der Waals surface area (Å²) in [6, 6.07) is 6.49. The zero-order chi connectivity index (χ0) is 13.3. The maximum Gasteiger partial charge on any atom is 0.224 e. The normalized spacial score (nSPS) is 20.4. The lowest BCUT2D eigenvalue weighted by Crippen LogP contribution is -2.27. The number of hydrogen-bond donors (Lipinski definition) is 1. The fraction of sp³-hybridized carbons (Fsp3) is 0.417. The lowest BCUT2D eigenvalue weighted by Gasteiger charge is -2.16. The van der Waals surface area contributed by atoms with E-state index in [9.17, 15) is 13.2 Å². The molecule has 1 fully saturated rings. The van der Waals surface area contributed by atoms with Crippen LogP contribution < -0.4 is 5.73 Å². The third-order valence-electron chi connectivity index (χ3n) is 2.97. The van der Waals surface area contributed by atoms with E-state index in [0.717, 1.165) is 5.56 Å². The molecule has 0 aliphatic carbocycles. The van der Waals surface area contributed by atoms with E-state index in [1.807, 2.05) is 0 Å². The minimum absolute atomic E-state index is 0.0506. The van der Waals surface area contributed by atoms with Gasteiger partial charge in [-0.05, 0) is 17.7 Å². The molecule has 1 amide bonds. The number of sulfone groups is 1. The molecule has 98 valence electrons. The van der Waals surface area contributed by atoms with Crippen LogP contribution in [-0.4, -0.2) is 38.1 Å². The van der Waals surface area contributed by atoms with E-state index in [0.29, 0.717) is 19.5 Å². The Balaban J connectivity index is 2.10. The molecule has 0 aromatic heterocycles. The predicted molar refractivity (Wildman–Crippen MR) is 67.6 cm³/mol. The van der Waals surface area contributed by atoms with Crippen LogP contribution in [0.3, 0.4) is 0 Å². The second-order valence-electron chi connectivity index (χ2n) is 4.65. The first-order chi connectivity index (χ1) is 8.36. The number of benzene rings is 1. The van der Waals surface area contributed by atoms with Crippen molar-refractivity contribution in [2.24, 2.45) is 5.73 Å². The van der Waals surface area contributed by atoms with Crippen molar-refractivity contribution >= 4 is 15.7 Å². The fourth-order valence-electron chi connectivity index (χ4n) is 2.02. The minimum atomic E-state index is -3.17. The number of carbonyl (C=O) groups excluding carboxylic acids is 1. The molecule has 1 aromatic carbocycles. The Morgan fingerprint density at radius 3 is 2.39 bits per heavy atom. The van der Waals surface area contributed by atoms with Crippen molar-refractivity contribution in [2.75, 3.05) is 12.8 Å². The molecule has 0 saturated carbocycles. The van der Waals surface area contributed by atoms with E-state index < -0.39 is 9.84 Å². The van der Waals surface area contributed by atoms with Crippen molar-refractivity contribution in [1.29, 1.82) is 0 Å². The predicted octanol–water partition coefficient (Wildman–Crippen LogP) is 0.150. The molecule has 1 unspecified atom stereocenters. The van der Waals surface area contributed by atoms with Crippen LogP contribution in [0.4, 0.5) is 0 Å². The lowest BCUT2D eigenvalue weighted by molar-refractivity contribution is -0.128. The van der Waals surface area contributed by atoms with Crippen molar-refractivity contribution in [3.05, 3.63) is 29.8 Å². The molecule has 0 radical (unpaired) electrons. The highest BCUT2D eigenvalue weighted by molar-refractivity contribution is 7.90. The Bertz CT molecular complexity index is 551. The van der Waals surface area contributed by atoms with Gasteiger partial charge in [0.05, 0.1) is 4.90 Å². The van der Waals surface area contributed by atoms with Crippen LogP contribution in [-0.2, 0) is 21.2 Å². The molecular formula is C12H16N2O3S. The van der Waals surface area contributed by atoms with E-state index in [1.165, 1.54) is 6.26 Å². The number of likely N-dealkylation sites (tertiary alicyclic amines) is 1. The van der Waals surface area contributed by atoms with Crippen LogP contribution in [0.2, 0.25) is 0 Å². The van der Waals surface area contributed by atoms with E-state index in [2.05, 4.69) is 0 Å². The molecule has 2 rings (SSSR count). The summed E-state index contributed by atoms with van der Waals surface area (Å²) in [5.41, 5.74) is 6.62. The number of nitrogens with two attached hydrogens (primary N) is 1. The summed E-state index contributed by atoms with van der Waals surface area (Å²) in [6.45, 7) is 1.04. The number of hydrogen-bond acceptors (Lipinski definition) is 4. The summed E-state index contributed by atoms with van der Waals surface area (Å²) in [5, 5.41) is 0. The number of rotatable bonds is 3. The largest absolute Gasteiger partial charge is 0.337 e. The molecule has 1 heterocycles. The SMILES string of the molecule is CS(=O)(=O)c1ccc(CN2CC(N)CC2=O)cc1. The van der Waals surface area contributed by atoms with Gasteiger partial charge in [-0.25, -0.2) is 8.42 Å². The molecular weight excluding hydrogens is 252 g/mol. The first-order valence-electron chi connectivity index (χ1n) is 5.68. The third kappa shape index (κ3) is 2.88. The Hall–Kier alpha value is -1.40. The second kappa shape index (κ2) is 4.70. The molecule has 1 aromatic rings. The van der Waals surface area contributed by atoms with Gasteiger partial charge in [-0.1, -0.05) is 12.1 Å². The Morgan fingerprint density at radius 2 is 1.94 bits per heavy atom. The van der Waals surface area contributed by atoms with Gasteiger partial charge in [-0.3, -0.25) is 4.79 Å². The summed E-state index contributed by atoms with van der Waals surface area (Å²) < 4.78 is 22.6. The lowest BCUT2D eigenvalue weighted by atomic mass is 10.2. The van der Waals surface area contributed by atoms with Crippen molar-refractivity contribution in [3.8, 4) is 0 Å². The molecule has 0 spiro atoms. The zero-order valence-corrected chi connectivity index (χ0v) is 11.0. The maximum atomic E-state index is 11.6. The van der Waals surface area contributed by atoms with Crippen LogP contribution in [0.5, 0.6) is 0 Å². The maximum absolute atomic E-state index is 11.6. The van der Waals surface area contributed by atoms with Gasteiger partial charge in [-0.15, -0.1) is 0 Å². The average Bonchev–Trinajstić information content (AvgIpc) is 2.57. The molecule has 1 aliphatic rings. The summed E-state index contributed by atoms with van der Waals surface area (Å²) in [5.74, 6) is 0.0506. The molecule has 1 saturated heterocycles. The number of carbonyl (C=O) groups is 1. The monoisotopic (exact) mass is 268 g/mol. The Morgan fingerprint density at radius 1 is 1.33 bits per heavy atom. The topological polar surface area (TPSA) is 80.5 Å². The smallest absolute Gasteiger partial charge is 0.224 e. The molecule has 1 aliphatic heterocycles. The second-order valence-corrected chi connectivity index (χ2v) is 6.67. The van der Waals surface area contributed by atoms with Crippen LogP contribution in [0, 0.1) is 0 Å². The summed E-state index contributed by atoms with van der Waals surface area (Å²) in [6.07, 6.45) is 1.56. The van der Waals surface area contributed by atoms with Crippen LogP contribution in [0.1, 0.15) is 12.0 Å². The molecule has 1 atom stereocenters. The van der Waals surface area contributed by atoms with Crippen molar-refractivity contribution in [3.63, 3.8) is 0 Å². The molecule has 6 heteroatoms. The van der Waals surface area contributed by atoms with Crippen LogP contribution in [0.15, 0.2) is 29.2 Å². The van der Waals surface area contributed by atoms with Gasteiger partial charge in [0.25, 0.3) is 0 Å². The standard InChI is InChI=1S/C12H16N2O3S/c1-18(16,17)11-4-2-9(3-5-11)7-14-8-10(13)6-12(14)15/h2-5,10H,6-8,13H2,1H3. The summed E-state index contributed by atoms with van der Waals surface area (Å²) in [4.78, 5) is 13.5. The van der Waals surface area contributed by atoms with Crippen molar-refractivity contribution in [2.45, 2.75) is 23.9 Å². The Kier molecular flexibility index (Phi) is 3.41. The van der Waals surface area contributed by atoms with Gasteiger partial charge >= 0.3 is 0 Å². The van der Waals surface area contributed by atoms with E-state index >= 15 is 0 Å². The summed E-state index contributed by atoms with van der Waals surface area (Å²) in [7, 11) is -3.17. The highest BCUT2D eigenvalue weighted by atomic mass is 32.2. The van der Waals surface area contributed by atoms with E-state index in [-0.39, 0.29) is 16.8 Å². The number of amides is 1. The van der Waals surface area contributed by atoms with Gasteiger partial charge in [0.15, 0.2) is 9.84 Å². The zero-order valence-electron chi connectivity index (χ0n) is 10.2. The first-order valence-corrected chi connectivity index (χ1v) is 7.58. The quantitative estimate of drug-likeness (QED) is 0.846. The highest BCUT2D eigenvalue weighted by Crippen LogP contribution is 2.16. The first kappa shape index (κ1) is 13.0. The van der Waals surface area contributed by atoms with Gasteiger partial charge in [0.1, 0.15) is 0 Å². The molecule has 2 N–H and O–H groups in total. The van der Waals surface area contributed by atoms with Crippen LogP contribution >= 0.6 is 0 Å². The van der Waals surface area contributed by atoms with Gasteiger partial charge in [0, 0.05) is 31.8 Å². The molecule has 5 nitrogen and oxygen atoms in total. The number of nitrogens with zero attached hydrogens (tertiary/aromatic N) is 1. The molecule has 18 heavy (non-hydrogen) atoms. The Labute approximate surface area is 107 Å².